The number of amides is 3. The molecule has 3 aromatic carbocycles. The molecule has 0 saturated carbocycles. The SMILES string of the molecule is CCOc1cc(OC)c(S(=O)(=O)NCOC)cc1C1=N[C@@H](c2ccc(Cl)cc2)[C@@H](c2ccc(Cl)cc2)N1C(=O)N1CCN(CC(=O)NC(C)COC)CC1. The Balaban J connectivity index is 1.61. The lowest BCUT2D eigenvalue weighted by molar-refractivity contribution is -0.123. The van der Waals surface area contributed by atoms with E-state index in [0.717, 1.165) is 11.1 Å². The monoisotopic (exact) mass is 804 g/mol. The Labute approximate surface area is 326 Å². The molecule has 54 heavy (non-hydrogen) atoms. The molecule has 2 aliphatic rings. The molecule has 2 aliphatic heterocycles. The topological polar surface area (TPSA) is 151 Å². The summed E-state index contributed by atoms with van der Waals surface area (Å²) in [5.74, 6) is 0.364. The highest BCUT2D eigenvalue weighted by Gasteiger charge is 2.45. The predicted octanol–water partition coefficient (Wildman–Crippen LogP) is 4.72. The summed E-state index contributed by atoms with van der Waals surface area (Å²) in [5, 5.41) is 3.98. The van der Waals surface area contributed by atoms with Gasteiger partial charge in [-0.2, -0.15) is 4.72 Å². The second kappa shape index (κ2) is 18.6. The van der Waals surface area contributed by atoms with Crippen LogP contribution in [-0.4, -0.2) is 121 Å². The van der Waals surface area contributed by atoms with E-state index in [1.807, 2.05) is 36.1 Å². The van der Waals surface area contributed by atoms with Crippen LogP contribution in [0.4, 0.5) is 4.79 Å². The Bertz CT molecular complexity index is 1910. The number of benzene rings is 3. The molecule has 1 saturated heterocycles. The minimum Gasteiger partial charge on any atom is -0.495 e. The summed E-state index contributed by atoms with van der Waals surface area (Å²) in [7, 11) is 0.135. The van der Waals surface area contributed by atoms with E-state index in [4.69, 9.17) is 47.1 Å². The van der Waals surface area contributed by atoms with Gasteiger partial charge in [0.1, 0.15) is 35.0 Å². The van der Waals surface area contributed by atoms with Crippen molar-refractivity contribution in [1.29, 1.82) is 0 Å². The molecule has 2 N–H and O–H groups in total. The van der Waals surface area contributed by atoms with E-state index in [2.05, 4.69) is 10.0 Å². The number of nitrogens with zero attached hydrogens (tertiary/aromatic N) is 4. The third-order valence-electron chi connectivity index (χ3n) is 9.02. The quantitative estimate of drug-likeness (QED) is 0.208. The summed E-state index contributed by atoms with van der Waals surface area (Å²) >= 11 is 12.6. The van der Waals surface area contributed by atoms with Crippen LogP contribution in [0, 0.1) is 0 Å². The largest absolute Gasteiger partial charge is 0.495 e. The molecule has 1 unspecified atom stereocenters. The summed E-state index contributed by atoms with van der Waals surface area (Å²) < 4.78 is 51.3. The number of aliphatic imine (C=N–C) groups is 1. The second-order valence-corrected chi connectivity index (χ2v) is 15.4. The van der Waals surface area contributed by atoms with E-state index >= 15 is 4.79 Å². The van der Waals surface area contributed by atoms with Crippen LogP contribution in [0.3, 0.4) is 0 Å². The fourth-order valence-electron chi connectivity index (χ4n) is 6.49. The van der Waals surface area contributed by atoms with E-state index in [0.29, 0.717) is 42.8 Å². The Morgan fingerprint density at radius 3 is 2.11 bits per heavy atom. The molecule has 5 rings (SSSR count). The lowest BCUT2D eigenvalue weighted by Crippen LogP contribution is -2.55. The van der Waals surface area contributed by atoms with E-state index in [1.165, 1.54) is 26.4 Å². The van der Waals surface area contributed by atoms with E-state index in [1.54, 1.807) is 48.1 Å². The van der Waals surface area contributed by atoms with Crippen molar-refractivity contribution in [2.45, 2.75) is 36.9 Å². The van der Waals surface area contributed by atoms with Crippen LogP contribution in [0.25, 0.3) is 0 Å². The van der Waals surface area contributed by atoms with Gasteiger partial charge in [0.15, 0.2) is 0 Å². The molecule has 0 spiro atoms. The lowest BCUT2D eigenvalue weighted by atomic mass is 9.93. The van der Waals surface area contributed by atoms with Gasteiger partial charge in [-0.15, -0.1) is 0 Å². The lowest BCUT2D eigenvalue weighted by Gasteiger charge is -2.39. The Hall–Kier alpha value is -3.96. The molecule has 292 valence electrons. The van der Waals surface area contributed by atoms with Gasteiger partial charge < -0.3 is 29.2 Å². The van der Waals surface area contributed by atoms with E-state index < -0.39 is 22.1 Å². The number of urea groups is 1. The van der Waals surface area contributed by atoms with Gasteiger partial charge in [0.25, 0.3) is 0 Å². The highest BCUT2D eigenvalue weighted by molar-refractivity contribution is 7.89. The number of methoxy groups -OCH3 is 3. The molecular weight excluding hydrogens is 759 g/mol. The molecule has 3 aromatic rings. The highest BCUT2D eigenvalue weighted by Crippen LogP contribution is 2.46. The van der Waals surface area contributed by atoms with Crippen LogP contribution >= 0.6 is 23.2 Å². The van der Waals surface area contributed by atoms with Crippen molar-refractivity contribution in [3.8, 4) is 11.5 Å². The third-order valence-corrected chi connectivity index (χ3v) is 10.9. The van der Waals surface area contributed by atoms with Crippen LogP contribution in [-0.2, 0) is 24.3 Å². The first-order valence-corrected chi connectivity index (χ1v) is 19.7. The molecule has 0 aromatic heterocycles. The van der Waals surface area contributed by atoms with Gasteiger partial charge in [0, 0.05) is 62.6 Å². The summed E-state index contributed by atoms with van der Waals surface area (Å²) in [6.45, 7) is 5.74. The first kappa shape index (κ1) is 41.2. The van der Waals surface area contributed by atoms with Crippen molar-refractivity contribution in [3.63, 3.8) is 0 Å². The van der Waals surface area contributed by atoms with Gasteiger partial charge in [0.05, 0.1) is 38.5 Å². The van der Waals surface area contributed by atoms with Crippen molar-refractivity contribution in [1.82, 2.24) is 24.7 Å². The molecule has 2 heterocycles. The number of amidine groups is 1. The normalized spacial score (nSPS) is 18.3. The van der Waals surface area contributed by atoms with Crippen molar-refractivity contribution < 1.29 is 37.0 Å². The maximum atomic E-state index is 15.0. The zero-order chi connectivity index (χ0) is 39.0. The maximum absolute atomic E-state index is 15.0. The molecule has 0 aliphatic carbocycles. The van der Waals surface area contributed by atoms with Crippen LogP contribution in [0.15, 0.2) is 70.6 Å². The number of sulfonamides is 1. The minimum absolute atomic E-state index is 0.0301. The molecule has 3 atom stereocenters. The zero-order valence-corrected chi connectivity index (χ0v) is 33.2. The molecular formula is C37H46Cl2N6O8S. The van der Waals surface area contributed by atoms with Crippen molar-refractivity contribution in [2.75, 3.05) is 74.0 Å². The van der Waals surface area contributed by atoms with Gasteiger partial charge in [-0.1, -0.05) is 47.5 Å². The summed E-state index contributed by atoms with van der Waals surface area (Å²) in [6, 6.07) is 15.5. The van der Waals surface area contributed by atoms with Gasteiger partial charge in [-0.25, -0.2) is 13.2 Å². The number of rotatable bonds is 15. The van der Waals surface area contributed by atoms with E-state index in [9.17, 15) is 13.2 Å². The third kappa shape index (κ3) is 9.63. The number of nitrogens with one attached hydrogen (secondary N) is 2. The zero-order valence-electron chi connectivity index (χ0n) is 30.9. The average molecular weight is 806 g/mol. The van der Waals surface area contributed by atoms with Gasteiger partial charge >= 0.3 is 6.03 Å². The number of ether oxygens (including phenoxy) is 4. The maximum Gasteiger partial charge on any atom is 0.326 e. The van der Waals surface area contributed by atoms with Gasteiger partial charge in [0.2, 0.25) is 15.9 Å². The summed E-state index contributed by atoms with van der Waals surface area (Å²) in [5.41, 5.74) is 1.78. The Morgan fingerprint density at radius 2 is 1.54 bits per heavy atom. The van der Waals surface area contributed by atoms with Crippen LogP contribution in [0.1, 0.15) is 42.6 Å². The number of piperazine rings is 1. The fourth-order valence-corrected chi connectivity index (χ4v) is 7.85. The molecule has 17 heteroatoms. The van der Waals surface area contributed by atoms with Crippen molar-refractivity contribution in [3.05, 3.63) is 87.4 Å². The number of carbonyl (C=O) groups excluding carboxylic acids is 2. The number of halogens is 2. The number of carbonyl (C=O) groups is 2. The van der Waals surface area contributed by atoms with Gasteiger partial charge in [-0.05, 0) is 55.3 Å². The first-order chi connectivity index (χ1) is 25.9. The first-order valence-electron chi connectivity index (χ1n) is 17.4. The fraction of sp³-hybridized carbons (Fsp3) is 0.432. The van der Waals surface area contributed by atoms with Gasteiger partial charge in [-0.3, -0.25) is 19.6 Å². The molecule has 0 radical (unpaired) electrons. The van der Waals surface area contributed by atoms with Crippen LogP contribution in [0.5, 0.6) is 11.5 Å². The second-order valence-electron chi connectivity index (χ2n) is 12.8. The molecule has 1 fully saturated rings. The number of hydrogen-bond donors (Lipinski definition) is 2. The molecule has 0 bridgehead atoms. The summed E-state index contributed by atoms with van der Waals surface area (Å²) in [4.78, 5) is 38.1. The van der Waals surface area contributed by atoms with Crippen LogP contribution < -0.4 is 19.5 Å². The van der Waals surface area contributed by atoms with E-state index in [-0.39, 0.29) is 65.7 Å². The number of hydrogen-bond acceptors (Lipinski definition) is 10. The Morgan fingerprint density at radius 1 is 0.907 bits per heavy atom. The average Bonchev–Trinajstić information content (AvgIpc) is 3.54. The minimum atomic E-state index is -4.17. The van der Waals surface area contributed by atoms with Crippen molar-refractivity contribution in [2.24, 2.45) is 4.99 Å². The Kier molecular flexibility index (Phi) is 14.2. The standard InChI is InChI=1S/C37H46Cl2N6O8S/c1-6-53-30-20-31(52-5)32(54(48,49)40-23-51-4)19-29(30)36-42-34(25-7-11-27(38)12-8-25)35(26-9-13-28(39)14-10-26)45(36)37(47)44-17-15-43(16-18-44)21-33(46)41-24(2)22-50-3/h7-14,19-20,24,34-35,40H,6,15-18,21-23H2,1-5H3,(H,41,46)/t24?,34-,35+/m0/s1. The van der Waals surface area contributed by atoms with Crippen molar-refractivity contribution >= 4 is 51.0 Å². The highest BCUT2D eigenvalue weighted by atomic mass is 35.5. The predicted molar refractivity (Wildman–Crippen MR) is 206 cm³/mol. The van der Waals surface area contributed by atoms with Crippen LogP contribution in [0.2, 0.25) is 10.0 Å². The smallest absolute Gasteiger partial charge is 0.326 e. The molecule has 14 nitrogen and oxygen atoms in total. The molecule has 3 amide bonds. The summed E-state index contributed by atoms with van der Waals surface area (Å²) in [6.07, 6.45) is 0.